The van der Waals surface area contributed by atoms with E-state index >= 15 is 0 Å². The largest absolute Gasteiger partial charge is 0.289 e. The standard InChI is InChI=1S/C12H15BrN2O4S/c1-4-14(8-9(2)3)20(18,19)12-7-10(13)5-6-11(12)15(16)17/h5-7H,2,4,8H2,1,3H3. The Balaban J connectivity index is 3.44. The average molecular weight is 363 g/mol. The van der Waals surface area contributed by atoms with Gasteiger partial charge < -0.3 is 0 Å². The topological polar surface area (TPSA) is 80.5 Å². The quantitative estimate of drug-likeness (QED) is 0.442. The molecule has 0 unspecified atom stereocenters. The summed E-state index contributed by atoms with van der Waals surface area (Å²) in [6.07, 6.45) is 0. The van der Waals surface area contributed by atoms with Crippen LogP contribution in [-0.2, 0) is 10.0 Å². The number of nitrogens with zero attached hydrogens (tertiary/aromatic N) is 2. The molecule has 0 saturated carbocycles. The van der Waals surface area contributed by atoms with E-state index < -0.39 is 20.6 Å². The maximum absolute atomic E-state index is 12.5. The molecule has 0 aromatic heterocycles. The lowest BCUT2D eigenvalue weighted by Gasteiger charge is -2.20. The van der Waals surface area contributed by atoms with Crippen molar-refractivity contribution in [2.45, 2.75) is 18.7 Å². The number of likely N-dealkylation sites (N-methyl/N-ethyl adjacent to an activating group) is 1. The summed E-state index contributed by atoms with van der Waals surface area (Å²) in [5.74, 6) is 0. The first-order valence-electron chi connectivity index (χ1n) is 5.78. The van der Waals surface area contributed by atoms with Crippen LogP contribution in [0.15, 0.2) is 39.7 Å². The first kappa shape index (κ1) is 16.8. The van der Waals surface area contributed by atoms with E-state index in [1.165, 1.54) is 18.2 Å². The molecule has 1 aromatic rings. The van der Waals surface area contributed by atoms with Gasteiger partial charge in [0.1, 0.15) is 0 Å². The van der Waals surface area contributed by atoms with E-state index in [1.807, 2.05) is 0 Å². The highest BCUT2D eigenvalue weighted by Crippen LogP contribution is 2.29. The van der Waals surface area contributed by atoms with Gasteiger partial charge in [-0.2, -0.15) is 4.31 Å². The lowest BCUT2D eigenvalue weighted by Crippen LogP contribution is -2.32. The van der Waals surface area contributed by atoms with Crippen molar-refractivity contribution in [3.8, 4) is 0 Å². The Morgan fingerprint density at radius 3 is 2.55 bits per heavy atom. The molecule has 8 heteroatoms. The number of hydrogen-bond donors (Lipinski definition) is 0. The molecule has 110 valence electrons. The van der Waals surface area contributed by atoms with Gasteiger partial charge in [-0.25, -0.2) is 8.42 Å². The molecule has 0 bridgehead atoms. The van der Waals surface area contributed by atoms with Crippen molar-refractivity contribution in [1.82, 2.24) is 4.31 Å². The third kappa shape index (κ3) is 3.65. The van der Waals surface area contributed by atoms with Crippen LogP contribution in [0.1, 0.15) is 13.8 Å². The zero-order valence-corrected chi connectivity index (χ0v) is 13.6. The fourth-order valence-electron chi connectivity index (χ4n) is 1.65. The Labute approximate surface area is 126 Å². The summed E-state index contributed by atoms with van der Waals surface area (Å²) < 4.78 is 26.7. The van der Waals surface area contributed by atoms with Gasteiger partial charge in [0.25, 0.3) is 5.69 Å². The van der Waals surface area contributed by atoms with Crippen LogP contribution < -0.4 is 0 Å². The molecule has 0 fully saturated rings. The highest BCUT2D eigenvalue weighted by molar-refractivity contribution is 9.10. The molecule has 0 radical (unpaired) electrons. The van der Waals surface area contributed by atoms with Crippen molar-refractivity contribution in [2.75, 3.05) is 13.1 Å². The Morgan fingerprint density at radius 2 is 2.10 bits per heavy atom. The predicted octanol–water partition coefficient (Wildman–Crippen LogP) is 2.94. The average Bonchev–Trinajstić information content (AvgIpc) is 2.34. The molecule has 0 amide bonds. The third-order valence-electron chi connectivity index (χ3n) is 2.54. The number of nitro benzene ring substituents is 1. The second-order valence-corrected chi connectivity index (χ2v) is 7.08. The van der Waals surface area contributed by atoms with Crippen LogP contribution >= 0.6 is 15.9 Å². The van der Waals surface area contributed by atoms with Gasteiger partial charge >= 0.3 is 0 Å². The lowest BCUT2D eigenvalue weighted by molar-refractivity contribution is -0.387. The maximum Gasteiger partial charge on any atom is 0.289 e. The Kier molecular flexibility index (Phi) is 5.43. The zero-order chi connectivity index (χ0) is 15.5. The van der Waals surface area contributed by atoms with Gasteiger partial charge in [0.2, 0.25) is 10.0 Å². The Bertz CT molecular complexity index is 643. The van der Waals surface area contributed by atoms with Gasteiger partial charge in [-0.3, -0.25) is 10.1 Å². The number of hydrogen-bond acceptors (Lipinski definition) is 4. The predicted molar refractivity (Wildman–Crippen MR) is 80.0 cm³/mol. The van der Waals surface area contributed by atoms with Crippen molar-refractivity contribution >= 4 is 31.6 Å². The van der Waals surface area contributed by atoms with Crippen molar-refractivity contribution in [2.24, 2.45) is 0 Å². The molecule has 20 heavy (non-hydrogen) atoms. The molecular formula is C12H15BrN2O4S. The van der Waals surface area contributed by atoms with Crippen LogP contribution in [0.5, 0.6) is 0 Å². The smallest absolute Gasteiger partial charge is 0.258 e. The molecule has 6 nitrogen and oxygen atoms in total. The highest BCUT2D eigenvalue weighted by Gasteiger charge is 2.30. The normalized spacial score (nSPS) is 11.6. The summed E-state index contributed by atoms with van der Waals surface area (Å²) in [6, 6.07) is 3.85. The first-order chi connectivity index (χ1) is 9.20. The molecule has 0 atom stereocenters. The van der Waals surface area contributed by atoms with Crippen LogP contribution in [0, 0.1) is 10.1 Å². The molecule has 0 spiro atoms. The van der Waals surface area contributed by atoms with Crippen LogP contribution in [0.4, 0.5) is 5.69 Å². The van der Waals surface area contributed by atoms with Crippen molar-refractivity contribution < 1.29 is 13.3 Å². The van der Waals surface area contributed by atoms with Gasteiger partial charge in [0.05, 0.1) is 4.92 Å². The van der Waals surface area contributed by atoms with E-state index in [0.29, 0.717) is 10.0 Å². The SMILES string of the molecule is C=C(C)CN(CC)S(=O)(=O)c1cc(Br)ccc1[N+](=O)[O-]. The molecule has 1 aromatic carbocycles. The zero-order valence-electron chi connectivity index (χ0n) is 11.2. The van der Waals surface area contributed by atoms with E-state index in [4.69, 9.17) is 0 Å². The van der Waals surface area contributed by atoms with Crippen molar-refractivity contribution in [1.29, 1.82) is 0 Å². The van der Waals surface area contributed by atoms with Gasteiger partial charge in [-0.05, 0) is 19.1 Å². The van der Waals surface area contributed by atoms with Gasteiger partial charge in [0, 0.05) is 23.6 Å². The van der Waals surface area contributed by atoms with E-state index in [0.717, 1.165) is 4.31 Å². The van der Waals surface area contributed by atoms with E-state index in [-0.39, 0.29) is 18.0 Å². The number of rotatable bonds is 6. The van der Waals surface area contributed by atoms with Crippen molar-refractivity contribution in [3.63, 3.8) is 0 Å². The van der Waals surface area contributed by atoms with Gasteiger partial charge in [-0.15, -0.1) is 0 Å². The second kappa shape index (κ2) is 6.47. The second-order valence-electron chi connectivity index (χ2n) is 4.26. The summed E-state index contributed by atoms with van der Waals surface area (Å²) in [7, 11) is -3.94. The summed E-state index contributed by atoms with van der Waals surface area (Å²) >= 11 is 3.14. The first-order valence-corrected chi connectivity index (χ1v) is 8.02. The van der Waals surface area contributed by atoms with Gasteiger partial charge in [-0.1, -0.05) is 35.0 Å². The minimum absolute atomic E-state index is 0.127. The fraction of sp³-hybridized carbons (Fsp3) is 0.333. The molecule has 1 rings (SSSR count). The molecule has 0 saturated heterocycles. The maximum atomic E-state index is 12.5. The molecular weight excluding hydrogens is 348 g/mol. The highest BCUT2D eigenvalue weighted by atomic mass is 79.9. The summed E-state index contributed by atoms with van der Waals surface area (Å²) in [5.41, 5.74) is 0.224. The summed E-state index contributed by atoms with van der Waals surface area (Å²) in [4.78, 5) is 9.98. The number of halogens is 1. The Morgan fingerprint density at radius 1 is 1.50 bits per heavy atom. The van der Waals surface area contributed by atoms with Crippen molar-refractivity contribution in [3.05, 3.63) is 44.9 Å². The van der Waals surface area contributed by atoms with E-state index in [1.54, 1.807) is 13.8 Å². The minimum atomic E-state index is -3.94. The summed E-state index contributed by atoms with van der Waals surface area (Å²) in [5, 5.41) is 11.0. The Hall–Kier alpha value is -1.25. The van der Waals surface area contributed by atoms with Crippen LogP contribution in [0.25, 0.3) is 0 Å². The van der Waals surface area contributed by atoms with Gasteiger partial charge in [0.15, 0.2) is 4.90 Å². The molecule has 0 N–H and O–H groups in total. The molecule has 0 heterocycles. The lowest BCUT2D eigenvalue weighted by atomic mass is 10.3. The molecule has 0 aliphatic rings. The van der Waals surface area contributed by atoms with Crippen LogP contribution in [0.3, 0.4) is 0 Å². The van der Waals surface area contributed by atoms with E-state index in [2.05, 4.69) is 22.5 Å². The fourth-order valence-corrected chi connectivity index (χ4v) is 3.86. The number of benzene rings is 1. The number of nitro groups is 1. The monoisotopic (exact) mass is 362 g/mol. The van der Waals surface area contributed by atoms with Crippen LogP contribution in [-0.4, -0.2) is 30.7 Å². The van der Waals surface area contributed by atoms with Crippen LogP contribution in [0.2, 0.25) is 0 Å². The summed E-state index contributed by atoms with van der Waals surface area (Å²) in [6.45, 7) is 7.38. The number of sulfonamides is 1. The van der Waals surface area contributed by atoms with E-state index in [9.17, 15) is 18.5 Å². The minimum Gasteiger partial charge on any atom is -0.258 e. The molecule has 0 aliphatic heterocycles. The third-order valence-corrected chi connectivity index (χ3v) is 4.98. The molecule has 0 aliphatic carbocycles.